The quantitative estimate of drug-likeness (QED) is 0.820. The van der Waals surface area contributed by atoms with Gasteiger partial charge in [-0.15, -0.1) is 0 Å². The molecule has 1 aromatic carbocycles. The Kier molecular flexibility index (Phi) is 3.53. The molecule has 0 radical (unpaired) electrons. The maximum Gasteiger partial charge on any atom is 0.243 e. The predicted octanol–water partition coefficient (Wildman–Crippen LogP) is 1.03. The Morgan fingerprint density at radius 1 is 1.14 bits per heavy atom. The molecule has 3 rings (SSSR count). The summed E-state index contributed by atoms with van der Waals surface area (Å²) in [4.78, 5) is 13.9. The summed E-state index contributed by atoms with van der Waals surface area (Å²) in [6.45, 7) is 2.44. The Hall–Kier alpha value is -1.40. The van der Waals surface area contributed by atoms with Crippen LogP contribution in [0.4, 0.5) is 0 Å². The highest BCUT2D eigenvalue weighted by atomic mass is 32.2. The fourth-order valence-electron chi connectivity index (χ4n) is 3.17. The lowest BCUT2D eigenvalue weighted by Crippen LogP contribution is -2.56. The molecular formula is C15H20N2O3S. The van der Waals surface area contributed by atoms with Gasteiger partial charge in [0.25, 0.3) is 0 Å². The minimum Gasteiger partial charge on any atom is -0.343 e. The number of aryl methyl sites for hydroxylation is 2. The second-order valence-corrected chi connectivity index (χ2v) is 7.73. The molecule has 1 heterocycles. The van der Waals surface area contributed by atoms with Crippen LogP contribution in [0.5, 0.6) is 0 Å². The van der Waals surface area contributed by atoms with Gasteiger partial charge in [-0.1, -0.05) is 6.07 Å². The molecular weight excluding hydrogens is 288 g/mol. The molecule has 114 valence electrons. The molecule has 5 nitrogen and oxygen atoms in total. The number of hydrogen-bond donors (Lipinski definition) is 0. The summed E-state index contributed by atoms with van der Waals surface area (Å²) in [6.07, 6.45) is 3.05. The van der Waals surface area contributed by atoms with Gasteiger partial charge in [-0.25, -0.2) is 8.42 Å². The highest BCUT2D eigenvalue weighted by Crippen LogP contribution is 2.27. The Labute approximate surface area is 125 Å². The number of sulfonamides is 1. The van der Waals surface area contributed by atoms with Crippen LogP contribution in [0.25, 0.3) is 0 Å². The zero-order valence-electron chi connectivity index (χ0n) is 12.4. The summed E-state index contributed by atoms with van der Waals surface area (Å²) in [6, 6.07) is 4.74. The molecule has 1 aliphatic heterocycles. The fraction of sp³-hybridized carbons (Fsp3) is 0.533. The summed E-state index contributed by atoms with van der Waals surface area (Å²) in [7, 11) is -1.90. The van der Waals surface area contributed by atoms with E-state index in [1.165, 1.54) is 9.87 Å². The molecule has 1 fully saturated rings. The zero-order chi connectivity index (χ0) is 15.2. The predicted molar refractivity (Wildman–Crippen MR) is 79.5 cm³/mol. The number of rotatable bonds is 2. The Morgan fingerprint density at radius 3 is 2.62 bits per heavy atom. The first-order valence-corrected chi connectivity index (χ1v) is 8.74. The Balaban J connectivity index is 1.95. The van der Waals surface area contributed by atoms with E-state index in [0.29, 0.717) is 18.0 Å². The van der Waals surface area contributed by atoms with E-state index in [1.807, 2.05) is 6.07 Å². The van der Waals surface area contributed by atoms with Crippen LogP contribution in [0.15, 0.2) is 23.1 Å². The van der Waals surface area contributed by atoms with Gasteiger partial charge in [0, 0.05) is 20.1 Å². The van der Waals surface area contributed by atoms with Crippen molar-refractivity contribution in [2.24, 2.45) is 0 Å². The minimum atomic E-state index is -3.60. The molecule has 1 saturated heterocycles. The summed E-state index contributed by atoms with van der Waals surface area (Å²) in [5.74, 6) is -0.147. The molecule has 1 amide bonds. The van der Waals surface area contributed by atoms with Gasteiger partial charge >= 0.3 is 0 Å². The van der Waals surface area contributed by atoms with Crippen LogP contribution in [0, 0.1) is 0 Å². The summed E-state index contributed by atoms with van der Waals surface area (Å²) >= 11 is 0. The molecule has 2 aliphatic rings. The second-order valence-electron chi connectivity index (χ2n) is 5.84. The van der Waals surface area contributed by atoms with Crippen molar-refractivity contribution in [1.29, 1.82) is 0 Å². The van der Waals surface area contributed by atoms with Crippen molar-refractivity contribution < 1.29 is 13.2 Å². The average Bonchev–Trinajstić information content (AvgIpc) is 2.92. The topological polar surface area (TPSA) is 57.7 Å². The number of carbonyl (C=O) groups is 1. The van der Waals surface area contributed by atoms with E-state index >= 15 is 0 Å². The normalized spacial score (nSPS) is 23.4. The van der Waals surface area contributed by atoms with Crippen LogP contribution < -0.4 is 0 Å². The van der Waals surface area contributed by atoms with Gasteiger partial charge in [-0.2, -0.15) is 4.31 Å². The number of fused-ring (bicyclic) bond motifs is 1. The van der Waals surface area contributed by atoms with E-state index in [9.17, 15) is 13.2 Å². The van der Waals surface area contributed by atoms with Gasteiger partial charge in [-0.05, 0) is 49.4 Å². The van der Waals surface area contributed by atoms with Crippen molar-refractivity contribution in [2.45, 2.75) is 37.1 Å². The first-order chi connectivity index (χ1) is 9.91. The molecule has 0 saturated carbocycles. The maximum absolute atomic E-state index is 12.8. The number of benzene rings is 1. The fourth-order valence-corrected chi connectivity index (χ4v) is 4.80. The third kappa shape index (κ3) is 2.36. The van der Waals surface area contributed by atoms with E-state index in [4.69, 9.17) is 0 Å². The summed E-state index contributed by atoms with van der Waals surface area (Å²) < 4.78 is 26.9. The lowest BCUT2D eigenvalue weighted by atomic mass is 10.1. The smallest absolute Gasteiger partial charge is 0.243 e. The molecule has 0 bridgehead atoms. The summed E-state index contributed by atoms with van der Waals surface area (Å²) in [5, 5.41) is 0. The lowest BCUT2D eigenvalue weighted by molar-refractivity contribution is -0.136. The first kappa shape index (κ1) is 14.5. The number of piperazine rings is 1. The molecule has 1 aromatic rings. The number of amides is 1. The van der Waals surface area contributed by atoms with Crippen molar-refractivity contribution >= 4 is 15.9 Å². The van der Waals surface area contributed by atoms with E-state index in [2.05, 4.69) is 0 Å². The Bertz CT molecular complexity index is 684. The van der Waals surface area contributed by atoms with Crippen molar-refractivity contribution in [3.05, 3.63) is 29.3 Å². The standard InChI is InChI=1S/C15H20N2O3S/c1-11-15(18)16(2)8-9-17(11)21(19,20)14-7-6-12-4-3-5-13(12)10-14/h6-7,10-11H,3-5,8-9H2,1-2H3. The third-order valence-corrected chi connectivity index (χ3v) is 6.46. The number of hydrogen-bond acceptors (Lipinski definition) is 3. The van der Waals surface area contributed by atoms with Gasteiger partial charge in [0.05, 0.1) is 4.90 Å². The minimum absolute atomic E-state index is 0.147. The Morgan fingerprint density at radius 2 is 1.86 bits per heavy atom. The van der Waals surface area contributed by atoms with Crippen LogP contribution in [0.1, 0.15) is 24.5 Å². The van der Waals surface area contributed by atoms with Crippen LogP contribution in [0.3, 0.4) is 0 Å². The van der Waals surface area contributed by atoms with Crippen LogP contribution >= 0.6 is 0 Å². The molecule has 6 heteroatoms. The van der Waals surface area contributed by atoms with Crippen molar-refractivity contribution in [3.63, 3.8) is 0 Å². The van der Waals surface area contributed by atoms with Crippen LogP contribution in [-0.2, 0) is 27.7 Å². The molecule has 1 atom stereocenters. The summed E-state index contributed by atoms with van der Waals surface area (Å²) in [5.41, 5.74) is 2.38. The largest absolute Gasteiger partial charge is 0.343 e. The van der Waals surface area contributed by atoms with Crippen LogP contribution in [-0.4, -0.2) is 49.7 Å². The molecule has 1 aliphatic carbocycles. The van der Waals surface area contributed by atoms with E-state index in [1.54, 1.807) is 31.0 Å². The number of carbonyl (C=O) groups excluding carboxylic acids is 1. The van der Waals surface area contributed by atoms with Gasteiger partial charge in [0.1, 0.15) is 6.04 Å². The van der Waals surface area contributed by atoms with Gasteiger partial charge in [0.15, 0.2) is 0 Å². The van der Waals surface area contributed by atoms with Crippen molar-refractivity contribution in [2.75, 3.05) is 20.1 Å². The van der Waals surface area contributed by atoms with E-state index in [-0.39, 0.29) is 5.91 Å². The van der Waals surface area contributed by atoms with E-state index in [0.717, 1.165) is 24.8 Å². The highest BCUT2D eigenvalue weighted by Gasteiger charge is 2.38. The van der Waals surface area contributed by atoms with Gasteiger partial charge in [0.2, 0.25) is 15.9 Å². The zero-order valence-corrected chi connectivity index (χ0v) is 13.2. The monoisotopic (exact) mass is 308 g/mol. The average molecular weight is 308 g/mol. The third-order valence-electron chi connectivity index (χ3n) is 4.50. The molecule has 1 unspecified atom stereocenters. The number of nitrogens with zero attached hydrogens (tertiary/aromatic N) is 2. The van der Waals surface area contributed by atoms with Gasteiger partial charge < -0.3 is 4.90 Å². The molecule has 0 aromatic heterocycles. The first-order valence-electron chi connectivity index (χ1n) is 7.30. The molecule has 0 N–H and O–H groups in total. The second kappa shape index (κ2) is 5.10. The highest BCUT2D eigenvalue weighted by molar-refractivity contribution is 7.89. The SMILES string of the molecule is CC1C(=O)N(C)CCN1S(=O)(=O)c1ccc2c(c1)CCC2. The number of likely N-dealkylation sites (N-methyl/N-ethyl adjacent to an activating group) is 1. The molecule has 21 heavy (non-hydrogen) atoms. The van der Waals surface area contributed by atoms with Crippen molar-refractivity contribution in [3.8, 4) is 0 Å². The van der Waals surface area contributed by atoms with Gasteiger partial charge in [-0.3, -0.25) is 4.79 Å². The van der Waals surface area contributed by atoms with Crippen molar-refractivity contribution in [1.82, 2.24) is 9.21 Å². The van der Waals surface area contributed by atoms with E-state index < -0.39 is 16.1 Å². The lowest BCUT2D eigenvalue weighted by Gasteiger charge is -2.36. The van der Waals surface area contributed by atoms with Crippen LogP contribution in [0.2, 0.25) is 0 Å². The molecule has 0 spiro atoms. The maximum atomic E-state index is 12.8.